The topological polar surface area (TPSA) is 61.0 Å². The van der Waals surface area contributed by atoms with Crippen LogP contribution in [0.4, 0.5) is 4.39 Å². The molecule has 2 fully saturated rings. The van der Waals surface area contributed by atoms with Crippen LogP contribution in [0, 0.1) is 5.82 Å². The van der Waals surface area contributed by atoms with E-state index in [2.05, 4.69) is 22.4 Å². The summed E-state index contributed by atoms with van der Waals surface area (Å²) in [5, 5.41) is 10.7. The Labute approximate surface area is 153 Å². The minimum absolute atomic E-state index is 0.0290. The fraction of sp³-hybridized carbons (Fsp3) is 0.500. The predicted octanol–water partition coefficient (Wildman–Crippen LogP) is 3.35. The molecule has 0 bridgehead atoms. The molecule has 0 radical (unpaired) electrons. The number of carbonyl (C=O) groups is 1. The van der Waals surface area contributed by atoms with Gasteiger partial charge in [-0.15, -0.1) is 0 Å². The van der Waals surface area contributed by atoms with Crippen molar-refractivity contribution in [2.45, 2.75) is 50.6 Å². The van der Waals surface area contributed by atoms with Gasteiger partial charge in [0.15, 0.2) is 0 Å². The Hall–Kier alpha value is -2.21. The number of hydrogen-bond acceptors (Lipinski definition) is 3. The highest BCUT2D eigenvalue weighted by molar-refractivity contribution is 5.93. The summed E-state index contributed by atoms with van der Waals surface area (Å²) < 4.78 is 14.0. The van der Waals surface area contributed by atoms with E-state index >= 15 is 0 Å². The van der Waals surface area contributed by atoms with E-state index in [-0.39, 0.29) is 23.3 Å². The Balaban J connectivity index is 1.60. The van der Waals surface area contributed by atoms with E-state index in [1.165, 1.54) is 6.07 Å². The first-order valence-electron chi connectivity index (χ1n) is 9.45. The molecule has 2 saturated heterocycles. The number of H-pyrrole nitrogens is 1. The number of aromatic amines is 1. The lowest BCUT2D eigenvalue weighted by molar-refractivity contribution is 0.0374. The molecule has 1 aromatic heterocycles. The molecule has 2 aromatic rings. The Morgan fingerprint density at radius 3 is 3.00 bits per heavy atom. The summed E-state index contributed by atoms with van der Waals surface area (Å²) in [7, 11) is 0. The van der Waals surface area contributed by atoms with Crippen molar-refractivity contribution < 1.29 is 9.18 Å². The van der Waals surface area contributed by atoms with Gasteiger partial charge in [-0.05, 0) is 57.4 Å². The summed E-state index contributed by atoms with van der Waals surface area (Å²) in [5.41, 5.74) is 1.27. The third-order valence-corrected chi connectivity index (χ3v) is 5.86. The van der Waals surface area contributed by atoms with Crippen LogP contribution in [0.25, 0.3) is 11.3 Å². The monoisotopic (exact) mass is 356 g/mol. The second-order valence-corrected chi connectivity index (χ2v) is 7.60. The zero-order valence-electron chi connectivity index (χ0n) is 15.1. The van der Waals surface area contributed by atoms with E-state index in [1.54, 1.807) is 24.3 Å². The first-order chi connectivity index (χ1) is 12.6. The van der Waals surface area contributed by atoms with Crippen LogP contribution in [-0.4, -0.2) is 45.7 Å². The highest BCUT2D eigenvalue weighted by Crippen LogP contribution is 2.34. The van der Waals surface area contributed by atoms with Crippen LogP contribution in [0.3, 0.4) is 0 Å². The number of rotatable bonds is 2. The van der Waals surface area contributed by atoms with Gasteiger partial charge in [-0.1, -0.05) is 18.6 Å². The van der Waals surface area contributed by atoms with Crippen LogP contribution in [0.5, 0.6) is 0 Å². The molecule has 138 valence electrons. The third kappa shape index (κ3) is 3.03. The van der Waals surface area contributed by atoms with Crippen molar-refractivity contribution in [1.82, 2.24) is 20.4 Å². The van der Waals surface area contributed by atoms with Crippen molar-refractivity contribution in [3.05, 3.63) is 41.8 Å². The van der Waals surface area contributed by atoms with Crippen LogP contribution in [0.2, 0.25) is 0 Å². The fourth-order valence-electron chi connectivity index (χ4n) is 4.44. The quantitative estimate of drug-likeness (QED) is 0.867. The summed E-state index contributed by atoms with van der Waals surface area (Å²) in [5.74, 6) is -0.378. The number of amides is 1. The number of aromatic nitrogens is 2. The highest BCUT2D eigenvalue weighted by Gasteiger charge is 2.43. The molecule has 1 amide bonds. The van der Waals surface area contributed by atoms with Crippen molar-refractivity contribution in [2.75, 3.05) is 13.1 Å². The van der Waals surface area contributed by atoms with Gasteiger partial charge in [0, 0.05) is 23.7 Å². The molecule has 2 N–H and O–H groups in total. The van der Waals surface area contributed by atoms with Gasteiger partial charge in [-0.3, -0.25) is 9.89 Å². The summed E-state index contributed by atoms with van der Waals surface area (Å²) in [6.45, 7) is 4.01. The van der Waals surface area contributed by atoms with Crippen molar-refractivity contribution >= 4 is 5.91 Å². The molecular formula is C20H25FN4O. The molecule has 2 aliphatic rings. The van der Waals surface area contributed by atoms with E-state index in [1.807, 2.05) is 4.90 Å². The number of benzene rings is 1. The molecule has 6 heteroatoms. The molecular weight excluding hydrogens is 331 g/mol. The number of carbonyl (C=O) groups excluding carboxylic acids is 1. The third-order valence-electron chi connectivity index (χ3n) is 5.86. The Morgan fingerprint density at radius 2 is 2.15 bits per heavy atom. The molecule has 3 heterocycles. The van der Waals surface area contributed by atoms with E-state index in [4.69, 9.17) is 0 Å². The maximum atomic E-state index is 14.0. The molecule has 1 aromatic carbocycles. The van der Waals surface area contributed by atoms with Crippen molar-refractivity contribution in [3.63, 3.8) is 0 Å². The van der Waals surface area contributed by atoms with Gasteiger partial charge < -0.3 is 10.2 Å². The number of likely N-dealkylation sites (tertiary alicyclic amines) is 1. The Bertz CT molecular complexity index is 805. The fourth-order valence-corrected chi connectivity index (χ4v) is 4.44. The minimum Gasteiger partial charge on any atom is -0.333 e. The number of nitrogens with one attached hydrogen (secondary N) is 2. The lowest BCUT2D eigenvalue weighted by Gasteiger charge is -2.48. The van der Waals surface area contributed by atoms with Gasteiger partial charge >= 0.3 is 0 Å². The number of hydrogen-bond donors (Lipinski definition) is 2. The van der Waals surface area contributed by atoms with E-state index in [0.717, 1.165) is 45.2 Å². The molecule has 4 rings (SSSR count). The van der Waals surface area contributed by atoms with Crippen LogP contribution >= 0.6 is 0 Å². The van der Waals surface area contributed by atoms with E-state index < -0.39 is 0 Å². The zero-order chi connectivity index (χ0) is 18.1. The SMILES string of the molecule is C[C@]12CCCN(C(=O)c3cc(-c4ccccc4F)n[nH]3)[C@H]1CCCCN2. The van der Waals surface area contributed by atoms with Crippen LogP contribution in [-0.2, 0) is 0 Å². The van der Waals surface area contributed by atoms with Gasteiger partial charge in [0.05, 0.1) is 5.69 Å². The van der Waals surface area contributed by atoms with Gasteiger partial charge in [0.2, 0.25) is 0 Å². The number of fused-ring (bicyclic) bond motifs is 1. The maximum Gasteiger partial charge on any atom is 0.272 e. The Morgan fingerprint density at radius 1 is 1.31 bits per heavy atom. The van der Waals surface area contributed by atoms with Crippen LogP contribution in [0.1, 0.15) is 49.5 Å². The van der Waals surface area contributed by atoms with Gasteiger partial charge in [0.25, 0.3) is 5.91 Å². The lowest BCUT2D eigenvalue weighted by Crippen LogP contribution is -2.62. The summed E-state index contributed by atoms with van der Waals surface area (Å²) >= 11 is 0. The average molecular weight is 356 g/mol. The predicted molar refractivity (Wildman–Crippen MR) is 98.3 cm³/mol. The minimum atomic E-state index is -0.337. The summed E-state index contributed by atoms with van der Waals surface area (Å²) in [6.07, 6.45) is 5.37. The van der Waals surface area contributed by atoms with Crippen LogP contribution < -0.4 is 5.32 Å². The molecule has 0 aliphatic carbocycles. The lowest BCUT2D eigenvalue weighted by atomic mass is 9.81. The maximum absolute atomic E-state index is 14.0. The van der Waals surface area contributed by atoms with Crippen LogP contribution in [0.15, 0.2) is 30.3 Å². The number of halogens is 1. The molecule has 2 atom stereocenters. The summed E-state index contributed by atoms with van der Waals surface area (Å²) in [6, 6.07) is 8.33. The standard InChI is InChI=1S/C20H25FN4O/c1-20-10-6-12-25(18(20)9-4-5-11-22-20)19(26)17-13-16(23-24-17)14-7-2-3-8-15(14)21/h2-3,7-8,13,18,22H,4-6,9-12H2,1H3,(H,23,24)/t18-,20-/m0/s1. The van der Waals surface area contributed by atoms with Crippen molar-refractivity contribution in [2.24, 2.45) is 0 Å². The molecule has 5 nitrogen and oxygen atoms in total. The molecule has 0 unspecified atom stereocenters. The Kier molecular flexibility index (Phi) is 4.53. The first-order valence-corrected chi connectivity index (χ1v) is 9.45. The molecule has 0 spiro atoms. The highest BCUT2D eigenvalue weighted by atomic mass is 19.1. The van der Waals surface area contributed by atoms with E-state index in [9.17, 15) is 9.18 Å². The van der Waals surface area contributed by atoms with Gasteiger partial charge in [0.1, 0.15) is 11.5 Å². The number of nitrogens with zero attached hydrogens (tertiary/aromatic N) is 2. The van der Waals surface area contributed by atoms with Crippen molar-refractivity contribution in [1.29, 1.82) is 0 Å². The second kappa shape index (κ2) is 6.83. The van der Waals surface area contributed by atoms with E-state index in [0.29, 0.717) is 17.0 Å². The normalized spacial score (nSPS) is 26.2. The molecule has 0 saturated carbocycles. The second-order valence-electron chi connectivity index (χ2n) is 7.60. The largest absolute Gasteiger partial charge is 0.333 e. The first kappa shape index (κ1) is 17.2. The molecule has 2 aliphatic heterocycles. The van der Waals surface area contributed by atoms with Gasteiger partial charge in [-0.2, -0.15) is 5.10 Å². The zero-order valence-corrected chi connectivity index (χ0v) is 15.1. The smallest absolute Gasteiger partial charge is 0.272 e. The van der Waals surface area contributed by atoms with Crippen molar-refractivity contribution in [3.8, 4) is 11.3 Å². The van der Waals surface area contributed by atoms with Gasteiger partial charge in [-0.25, -0.2) is 4.39 Å². The average Bonchev–Trinajstić information content (AvgIpc) is 3.03. The molecule has 26 heavy (non-hydrogen) atoms. The number of piperidine rings is 1. The summed E-state index contributed by atoms with van der Waals surface area (Å²) in [4.78, 5) is 15.2.